The van der Waals surface area contributed by atoms with Gasteiger partial charge in [-0.25, -0.2) is 9.37 Å². The van der Waals surface area contributed by atoms with Crippen molar-refractivity contribution >= 4 is 0 Å². The van der Waals surface area contributed by atoms with Gasteiger partial charge in [0.2, 0.25) is 0 Å². The fourth-order valence-electron chi connectivity index (χ4n) is 1.62. The van der Waals surface area contributed by atoms with Gasteiger partial charge in [-0.15, -0.1) is 0 Å². The summed E-state index contributed by atoms with van der Waals surface area (Å²) >= 11 is 0. The number of nitrogens with one attached hydrogen (secondary N) is 1. The molecule has 2 aromatic rings. The summed E-state index contributed by atoms with van der Waals surface area (Å²) in [5.41, 5.74) is 7.38. The van der Waals surface area contributed by atoms with E-state index in [1.807, 2.05) is 6.07 Å². The second-order valence-electron chi connectivity index (χ2n) is 3.70. The predicted molar refractivity (Wildman–Crippen MR) is 60.6 cm³/mol. The molecule has 1 aromatic carbocycles. The Kier molecular flexibility index (Phi) is 3.31. The molecule has 0 aliphatic carbocycles. The van der Waals surface area contributed by atoms with E-state index in [4.69, 9.17) is 5.73 Å². The van der Waals surface area contributed by atoms with E-state index in [0.717, 1.165) is 23.5 Å². The van der Waals surface area contributed by atoms with Gasteiger partial charge in [-0.3, -0.25) is 0 Å². The quantitative estimate of drug-likeness (QED) is 0.821. The topological polar surface area (TPSA) is 54.7 Å². The third-order valence-corrected chi connectivity index (χ3v) is 2.36. The van der Waals surface area contributed by atoms with Gasteiger partial charge in [0, 0.05) is 24.7 Å². The number of benzene rings is 1. The lowest BCUT2D eigenvalue weighted by atomic mass is 10.1. The molecule has 0 atom stereocenters. The number of imidazole rings is 1. The molecular formula is C12H14FN3. The van der Waals surface area contributed by atoms with Gasteiger partial charge in [0.25, 0.3) is 0 Å². The summed E-state index contributed by atoms with van der Waals surface area (Å²) < 4.78 is 12.9. The summed E-state index contributed by atoms with van der Waals surface area (Å²) in [6.45, 7) is 0.599. The van der Waals surface area contributed by atoms with E-state index >= 15 is 0 Å². The van der Waals surface area contributed by atoms with E-state index in [2.05, 4.69) is 9.97 Å². The van der Waals surface area contributed by atoms with Crippen LogP contribution in [0.1, 0.15) is 17.1 Å². The number of hydrogen-bond donors (Lipinski definition) is 2. The van der Waals surface area contributed by atoms with E-state index in [0.29, 0.717) is 13.0 Å². The first kappa shape index (κ1) is 10.8. The van der Waals surface area contributed by atoms with Crippen molar-refractivity contribution in [1.29, 1.82) is 0 Å². The minimum Gasteiger partial charge on any atom is -0.346 e. The van der Waals surface area contributed by atoms with E-state index in [1.54, 1.807) is 12.3 Å². The fraction of sp³-hybridized carbons (Fsp3) is 0.250. The zero-order valence-corrected chi connectivity index (χ0v) is 8.91. The van der Waals surface area contributed by atoms with Crippen LogP contribution in [0.25, 0.3) is 0 Å². The summed E-state index contributed by atoms with van der Waals surface area (Å²) in [6, 6.07) is 6.54. The summed E-state index contributed by atoms with van der Waals surface area (Å²) in [5.74, 6) is 0.625. The summed E-state index contributed by atoms with van der Waals surface area (Å²) in [7, 11) is 0. The molecule has 0 saturated carbocycles. The molecule has 2 rings (SSSR count). The number of nitrogens with two attached hydrogens (primary N) is 1. The van der Waals surface area contributed by atoms with Crippen LogP contribution in [-0.2, 0) is 12.8 Å². The maximum absolute atomic E-state index is 12.9. The molecular weight excluding hydrogens is 205 g/mol. The Morgan fingerprint density at radius 3 is 3.00 bits per heavy atom. The zero-order valence-electron chi connectivity index (χ0n) is 8.91. The lowest BCUT2D eigenvalue weighted by Gasteiger charge is -1.98. The van der Waals surface area contributed by atoms with Crippen LogP contribution in [-0.4, -0.2) is 16.5 Å². The number of halogens is 1. The van der Waals surface area contributed by atoms with Crippen molar-refractivity contribution in [2.75, 3.05) is 6.54 Å². The first-order valence-corrected chi connectivity index (χ1v) is 5.25. The fourth-order valence-corrected chi connectivity index (χ4v) is 1.62. The number of nitrogens with zero attached hydrogens (tertiary/aromatic N) is 1. The molecule has 4 heteroatoms. The van der Waals surface area contributed by atoms with Gasteiger partial charge in [0.1, 0.15) is 11.6 Å². The Morgan fingerprint density at radius 2 is 2.25 bits per heavy atom. The zero-order chi connectivity index (χ0) is 11.4. The van der Waals surface area contributed by atoms with E-state index in [9.17, 15) is 4.39 Å². The second kappa shape index (κ2) is 4.90. The molecule has 1 heterocycles. The van der Waals surface area contributed by atoms with Crippen molar-refractivity contribution in [2.24, 2.45) is 5.73 Å². The molecule has 0 fully saturated rings. The van der Waals surface area contributed by atoms with Crippen LogP contribution in [0.5, 0.6) is 0 Å². The van der Waals surface area contributed by atoms with E-state index in [1.165, 1.54) is 12.1 Å². The minimum atomic E-state index is -0.216. The highest BCUT2D eigenvalue weighted by Crippen LogP contribution is 2.08. The first-order valence-electron chi connectivity index (χ1n) is 5.25. The standard InChI is InChI=1S/C12H14FN3/c13-10-3-1-2-9(6-10)7-12-15-8-11(16-12)4-5-14/h1-3,6,8H,4-5,7,14H2,(H,15,16). The average Bonchev–Trinajstić information content (AvgIpc) is 2.66. The smallest absolute Gasteiger partial charge is 0.123 e. The van der Waals surface area contributed by atoms with Crippen LogP contribution < -0.4 is 5.73 Å². The lowest BCUT2D eigenvalue weighted by Crippen LogP contribution is -2.02. The van der Waals surface area contributed by atoms with Gasteiger partial charge < -0.3 is 10.7 Å². The van der Waals surface area contributed by atoms with Gasteiger partial charge in [-0.1, -0.05) is 12.1 Å². The van der Waals surface area contributed by atoms with Crippen molar-refractivity contribution in [2.45, 2.75) is 12.8 Å². The van der Waals surface area contributed by atoms with Gasteiger partial charge in [-0.05, 0) is 24.2 Å². The number of H-pyrrole nitrogens is 1. The Balaban J connectivity index is 2.08. The number of aromatic amines is 1. The highest BCUT2D eigenvalue weighted by molar-refractivity contribution is 5.20. The van der Waals surface area contributed by atoms with Crippen LogP contribution in [0.3, 0.4) is 0 Å². The van der Waals surface area contributed by atoms with E-state index < -0.39 is 0 Å². The highest BCUT2D eigenvalue weighted by atomic mass is 19.1. The van der Waals surface area contributed by atoms with E-state index in [-0.39, 0.29) is 5.82 Å². The molecule has 0 bridgehead atoms. The Bertz CT molecular complexity index is 465. The molecule has 3 nitrogen and oxygen atoms in total. The molecule has 0 amide bonds. The Hall–Kier alpha value is -1.68. The number of aromatic nitrogens is 2. The third-order valence-electron chi connectivity index (χ3n) is 2.36. The normalized spacial score (nSPS) is 10.6. The average molecular weight is 219 g/mol. The molecule has 0 aliphatic heterocycles. The monoisotopic (exact) mass is 219 g/mol. The van der Waals surface area contributed by atoms with Crippen LogP contribution in [0.15, 0.2) is 30.5 Å². The van der Waals surface area contributed by atoms with Crippen molar-refractivity contribution in [1.82, 2.24) is 9.97 Å². The number of rotatable bonds is 4. The Labute approximate surface area is 93.5 Å². The lowest BCUT2D eigenvalue weighted by molar-refractivity contribution is 0.626. The molecule has 0 unspecified atom stereocenters. The summed E-state index contributed by atoms with van der Waals surface area (Å²) in [4.78, 5) is 7.39. The minimum absolute atomic E-state index is 0.216. The van der Waals surface area contributed by atoms with Crippen molar-refractivity contribution < 1.29 is 4.39 Å². The Morgan fingerprint density at radius 1 is 1.38 bits per heavy atom. The maximum atomic E-state index is 12.9. The highest BCUT2D eigenvalue weighted by Gasteiger charge is 2.02. The molecule has 0 saturated heterocycles. The molecule has 0 radical (unpaired) electrons. The summed E-state index contributed by atoms with van der Waals surface area (Å²) in [5, 5.41) is 0. The van der Waals surface area contributed by atoms with Gasteiger partial charge >= 0.3 is 0 Å². The second-order valence-corrected chi connectivity index (χ2v) is 3.70. The molecule has 3 N–H and O–H groups in total. The van der Waals surface area contributed by atoms with Crippen molar-refractivity contribution in [3.05, 3.63) is 53.4 Å². The van der Waals surface area contributed by atoms with Gasteiger partial charge in [-0.2, -0.15) is 0 Å². The first-order chi connectivity index (χ1) is 7.78. The molecule has 0 spiro atoms. The largest absolute Gasteiger partial charge is 0.346 e. The van der Waals surface area contributed by atoms with Crippen molar-refractivity contribution in [3.8, 4) is 0 Å². The summed E-state index contributed by atoms with van der Waals surface area (Å²) in [6.07, 6.45) is 3.18. The SMILES string of the molecule is NCCc1cnc(Cc2cccc(F)c2)[nH]1. The molecule has 16 heavy (non-hydrogen) atoms. The third kappa shape index (κ3) is 2.67. The van der Waals surface area contributed by atoms with Gasteiger partial charge in [0.05, 0.1) is 0 Å². The molecule has 84 valence electrons. The van der Waals surface area contributed by atoms with Crippen LogP contribution in [0.2, 0.25) is 0 Å². The van der Waals surface area contributed by atoms with Crippen molar-refractivity contribution in [3.63, 3.8) is 0 Å². The van der Waals surface area contributed by atoms with Gasteiger partial charge in [0.15, 0.2) is 0 Å². The number of hydrogen-bond acceptors (Lipinski definition) is 2. The molecule has 0 aliphatic rings. The predicted octanol–water partition coefficient (Wildman–Crippen LogP) is 1.64. The molecule has 1 aromatic heterocycles. The maximum Gasteiger partial charge on any atom is 0.123 e. The van der Waals surface area contributed by atoms with Crippen LogP contribution >= 0.6 is 0 Å². The van der Waals surface area contributed by atoms with Crippen LogP contribution in [0.4, 0.5) is 4.39 Å². The van der Waals surface area contributed by atoms with Crippen LogP contribution in [0, 0.1) is 5.82 Å².